The van der Waals surface area contributed by atoms with Gasteiger partial charge in [-0.15, -0.1) is 10.2 Å². The number of anilines is 1. The smallest absolute Gasteiger partial charge is 0.245 e. The van der Waals surface area contributed by atoms with Crippen LogP contribution >= 0.6 is 0 Å². The van der Waals surface area contributed by atoms with Crippen LogP contribution in [0.2, 0.25) is 0 Å². The molecule has 2 aromatic heterocycles. The summed E-state index contributed by atoms with van der Waals surface area (Å²) >= 11 is 0. The van der Waals surface area contributed by atoms with Crippen molar-refractivity contribution in [1.82, 2.24) is 30.7 Å². The van der Waals surface area contributed by atoms with Gasteiger partial charge in [0.2, 0.25) is 5.95 Å². The molecule has 1 aliphatic heterocycles. The Kier molecular flexibility index (Phi) is 4.85. The van der Waals surface area contributed by atoms with Crippen molar-refractivity contribution in [1.29, 1.82) is 0 Å². The molecule has 0 amide bonds. The maximum Gasteiger partial charge on any atom is 0.245 e. The average molecular weight is 391 g/mol. The molecule has 1 aromatic carbocycles. The molecule has 5 rings (SSSR count). The molecule has 1 aliphatic carbocycles. The zero-order valence-electron chi connectivity index (χ0n) is 16.3. The van der Waals surface area contributed by atoms with Gasteiger partial charge in [0, 0.05) is 42.5 Å². The van der Waals surface area contributed by atoms with Gasteiger partial charge in [-0.25, -0.2) is 4.98 Å². The molecule has 8 heteroatoms. The van der Waals surface area contributed by atoms with Gasteiger partial charge in [0.1, 0.15) is 11.4 Å². The monoisotopic (exact) mass is 391 g/mol. The van der Waals surface area contributed by atoms with Crippen LogP contribution < -0.4 is 10.2 Å². The summed E-state index contributed by atoms with van der Waals surface area (Å²) in [6.45, 7) is 1.86. The van der Waals surface area contributed by atoms with E-state index in [1.165, 1.54) is 25.7 Å². The first-order valence-corrected chi connectivity index (χ1v) is 10.3. The van der Waals surface area contributed by atoms with Crippen molar-refractivity contribution in [2.45, 2.75) is 44.2 Å². The molecule has 3 N–H and O–H groups in total. The van der Waals surface area contributed by atoms with Crippen LogP contribution in [0, 0.1) is 0 Å². The first-order valence-electron chi connectivity index (χ1n) is 10.3. The van der Waals surface area contributed by atoms with Gasteiger partial charge in [0.15, 0.2) is 0 Å². The van der Waals surface area contributed by atoms with Gasteiger partial charge >= 0.3 is 0 Å². The van der Waals surface area contributed by atoms with E-state index in [9.17, 15) is 5.11 Å². The van der Waals surface area contributed by atoms with E-state index in [0.29, 0.717) is 29.3 Å². The van der Waals surface area contributed by atoms with Gasteiger partial charge in [0.25, 0.3) is 0 Å². The van der Waals surface area contributed by atoms with Crippen LogP contribution in [0.4, 0.5) is 5.95 Å². The summed E-state index contributed by atoms with van der Waals surface area (Å²) in [5.74, 6) is 0.800. The number of hydrogen-bond donors (Lipinski definition) is 3. The summed E-state index contributed by atoms with van der Waals surface area (Å²) in [5.41, 5.74) is 2.98. The van der Waals surface area contributed by atoms with E-state index in [2.05, 4.69) is 35.6 Å². The highest BCUT2D eigenvalue weighted by Crippen LogP contribution is 2.32. The molecule has 1 saturated heterocycles. The Labute approximate surface area is 169 Å². The van der Waals surface area contributed by atoms with Gasteiger partial charge in [-0.1, -0.05) is 18.9 Å². The zero-order valence-corrected chi connectivity index (χ0v) is 16.3. The molecule has 0 radical (unpaired) electrons. The number of nitrogens with zero attached hydrogens (tertiary/aromatic N) is 5. The Morgan fingerprint density at radius 3 is 2.66 bits per heavy atom. The maximum atomic E-state index is 10.5. The van der Waals surface area contributed by atoms with E-state index in [4.69, 9.17) is 0 Å². The lowest BCUT2D eigenvalue weighted by molar-refractivity contribution is 0.451. The van der Waals surface area contributed by atoms with E-state index in [0.717, 1.165) is 30.6 Å². The molecule has 29 heavy (non-hydrogen) atoms. The summed E-state index contributed by atoms with van der Waals surface area (Å²) < 4.78 is 0. The van der Waals surface area contributed by atoms with Gasteiger partial charge in [-0.2, -0.15) is 5.10 Å². The second kappa shape index (κ2) is 7.79. The molecule has 0 spiro atoms. The first kappa shape index (κ1) is 18.1. The lowest BCUT2D eigenvalue weighted by atomic mass is 10.0. The van der Waals surface area contributed by atoms with E-state index in [1.807, 2.05) is 12.1 Å². The van der Waals surface area contributed by atoms with Crippen LogP contribution in [0.3, 0.4) is 0 Å². The fraction of sp³-hybridized carbons (Fsp3) is 0.429. The highest BCUT2D eigenvalue weighted by molar-refractivity contribution is 5.73. The van der Waals surface area contributed by atoms with Crippen molar-refractivity contribution in [3.05, 3.63) is 36.8 Å². The van der Waals surface area contributed by atoms with Crippen LogP contribution in [0.15, 0.2) is 36.8 Å². The molecule has 1 unspecified atom stereocenters. The third-order valence-electron chi connectivity index (χ3n) is 5.95. The summed E-state index contributed by atoms with van der Waals surface area (Å²) in [7, 11) is 0. The fourth-order valence-corrected chi connectivity index (χ4v) is 4.38. The number of phenolic OH excluding ortho intramolecular Hbond substituents is 1. The fourth-order valence-electron chi connectivity index (χ4n) is 4.38. The molecule has 3 heterocycles. The number of aromatic nitrogens is 5. The second-order valence-corrected chi connectivity index (χ2v) is 7.94. The van der Waals surface area contributed by atoms with Gasteiger partial charge in [-0.3, -0.25) is 5.10 Å². The van der Waals surface area contributed by atoms with Crippen LogP contribution in [0.1, 0.15) is 32.1 Å². The number of hydrogen-bond acceptors (Lipinski definition) is 7. The number of nitrogens with one attached hydrogen (secondary N) is 2. The van der Waals surface area contributed by atoms with Crippen molar-refractivity contribution in [2.24, 2.45) is 0 Å². The van der Waals surface area contributed by atoms with Crippen molar-refractivity contribution < 1.29 is 5.11 Å². The average Bonchev–Trinajstić information content (AvgIpc) is 3.52. The number of aromatic hydroxyl groups is 1. The molecule has 1 atom stereocenters. The van der Waals surface area contributed by atoms with Crippen molar-refractivity contribution in [3.63, 3.8) is 0 Å². The van der Waals surface area contributed by atoms with Gasteiger partial charge < -0.3 is 15.3 Å². The summed E-state index contributed by atoms with van der Waals surface area (Å²) in [6.07, 6.45) is 11.6. The molecule has 0 bridgehead atoms. The van der Waals surface area contributed by atoms with Crippen LogP contribution in [0.5, 0.6) is 5.75 Å². The summed E-state index contributed by atoms with van der Waals surface area (Å²) in [4.78, 5) is 6.70. The number of aromatic amines is 1. The summed E-state index contributed by atoms with van der Waals surface area (Å²) in [6, 6.07) is 6.64. The predicted molar refractivity (Wildman–Crippen MR) is 111 cm³/mol. The van der Waals surface area contributed by atoms with Crippen LogP contribution in [-0.2, 0) is 0 Å². The number of phenols is 1. The maximum absolute atomic E-state index is 10.5. The van der Waals surface area contributed by atoms with Crippen LogP contribution in [-0.4, -0.2) is 55.7 Å². The number of benzene rings is 1. The van der Waals surface area contributed by atoms with Gasteiger partial charge in [0.05, 0.1) is 12.4 Å². The minimum Gasteiger partial charge on any atom is -0.507 e. The minimum atomic E-state index is 0.148. The van der Waals surface area contributed by atoms with Crippen molar-refractivity contribution in [3.8, 4) is 28.1 Å². The van der Waals surface area contributed by atoms with E-state index >= 15 is 0 Å². The molecular formula is C21H25N7O. The van der Waals surface area contributed by atoms with Crippen molar-refractivity contribution >= 4 is 5.95 Å². The Hall–Kier alpha value is -3.00. The molecule has 1 saturated carbocycles. The lowest BCUT2D eigenvalue weighted by Gasteiger charge is -2.19. The van der Waals surface area contributed by atoms with E-state index in [1.54, 1.807) is 24.7 Å². The molecule has 2 aliphatic rings. The number of rotatable bonds is 5. The topological polar surface area (TPSA) is 103 Å². The van der Waals surface area contributed by atoms with Crippen LogP contribution in [0.25, 0.3) is 22.4 Å². The third-order valence-corrected chi connectivity index (χ3v) is 5.95. The Morgan fingerprint density at radius 2 is 1.93 bits per heavy atom. The van der Waals surface area contributed by atoms with E-state index < -0.39 is 0 Å². The quantitative estimate of drug-likeness (QED) is 0.614. The first-order chi connectivity index (χ1) is 14.3. The predicted octanol–water partition coefficient (Wildman–Crippen LogP) is 2.75. The normalized spacial score (nSPS) is 19.9. The summed E-state index contributed by atoms with van der Waals surface area (Å²) in [5, 5.41) is 29.6. The lowest BCUT2D eigenvalue weighted by Crippen LogP contribution is -2.38. The molecule has 2 fully saturated rings. The highest BCUT2D eigenvalue weighted by Gasteiger charge is 2.27. The number of H-pyrrole nitrogens is 1. The second-order valence-electron chi connectivity index (χ2n) is 7.94. The molecular weight excluding hydrogens is 366 g/mol. The molecule has 150 valence electrons. The third kappa shape index (κ3) is 3.80. The SMILES string of the molecule is Oc1cc(-c2cn[nH]c2)ccc1-c1cnc(N2CCC(NC3CCCC3)C2)nn1. The Balaban J connectivity index is 1.27. The highest BCUT2D eigenvalue weighted by atomic mass is 16.3. The Morgan fingerprint density at radius 1 is 1.03 bits per heavy atom. The standard InChI is InChI=1S/C21H25N7O/c29-20-9-14(15-10-23-24-11-15)5-6-18(20)19-12-22-21(27-26-19)28-8-7-17(13-28)25-16-3-1-2-4-16/h5-6,9-12,16-17,25,29H,1-4,7-8,13H2,(H,23,24). The van der Waals surface area contributed by atoms with Gasteiger partial charge in [-0.05, 0) is 37.0 Å². The largest absolute Gasteiger partial charge is 0.507 e. The van der Waals surface area contributed by atoms with E-state index in [-0.39, 0.29) is 5.75 Å². The zero-order chi connectivity index (χ0) is 19.6. The Bertz CT molecular complexity index is 952. The molecule has 3 aromatic rings. The minimum absolute atomic E-state index is 0.148. The molecule has 8 nitrogen and oxygen atoms in total. The van der Waals surface area contributed by atoms with Crippen molar-refractivity contribution in [2.75, 3.05) is 18.0 Å².